The van der Waals surface area contributed by atoms with E-state index in [9.17, 15) is 0 Å². The van der Waals surface area contributed by atoms with Gasteiger partial charge in [-0.25, -0.2) is 9.97 Å². The van der Waals surface area contributed by atoms with Gasteiger partial charge >= 0.3 is 0 Å². The van der Waals surface area contributed by atoms with Crippen LogP contribution in [0.25, 0.3) is 0 Å². The Bertz CT molecular complexity index is 410. The minimum absolute atomic E-state index is 0.495. The van der Waals surface area contributed by atoms with Crippen LogP contribution in [0.3, 0.4) is 0 Å². The highest BCUT2D eigenvalue weighted by Crippen LogP contribution is 2.52. The van der Waals surface area contributed by atoms with Gasteiger partial charge in [0.15, 0.2) is 0 Å². The van der Waals surface area contributed by atoms with Crippen LogP contribution in [0.4, 0.5) is 0 Å². The maximum Gasteiger partial charge on any atom is 0.137 e. The number of fused-ring (bicyclic) bond motifs is 2. The summed E-state index contributed by atoms with van der Waals surface area (Å²) in [5, 5.41) is 1.02. The molecule has 2 aliphatic rings. The first-order valence-electron chi connectivity index (χ1n) is 5.84. The molecule has 2 saturated carbocycles. The summed E-state index contributed by atoms with van der Waals surface area (Å²) in [7, 11) is 0. The van der Waals surface area contributed by atoms with E-state index in [-0.39, 0.29) is 0 Å². The Kier molecular flexibility index (Phi) is 2.60. The largest absolute Gasteiger partial charge is 0.221 e. The van der Waals surface area contributed by atoms with E-state index in [2.05, 4.69) is 9.97 Å². The van der Waals surface area contributed by atoms with E-state index in [0.717, 1.165) is 23.2 Å². The van der Waals surface area contributed by atoms with Gasteiger partial charge < -0.3 is 0 Å². The molecule has 1 aromatic heterocycles. The summed E-state index contributed by atoms with van der Waals surface area (Å²) < 4.78 is 0. The molecule has 2 nitrogen and oxygen atoms in total. The Labute approximate surface area is 105 Å². The summed E-state index contributed by atoms with van der Waals surface area (Å²) in [4.78, 5) is 8.81. The summed E-state index contributed by atoms with van der Waals surface area (Å²) in [6.45, 7) is 1.86. The van der Waals surface area contributed by atoms with Crippen LogP contribution in [0.15, 0.2) is 0 Å². The number of hydrogen-bond acceptors (Lipinski definition) is 2. The zero-order chi connectivity index (χ0) is 11.3. The second-order valence-corrected chi connectivity index (χ2v) is 5.79. The summed E-state index contributed by atoms with van der Waals surface area (Å²) in [5.74, 6) is 3.01. The fourth-order valence-corrected chi connectivity index (χ4v) is 3.61. The van der Waals surface area contributed by atoms with Crippen LogP contribution in [-0.2, 0) is 0 Å². The van der Waals surface area contributed by atoms with Crippen LogP contribution in [0.5, 0.6) is 0 Å². The lowest BCUT2D eigenvalue weighted by molar-refractivity contribution is 0.405. The van der Waals surface area contributed by atoms with Gasteiger partial charge in [-0.2, -0.15) is 0 Å². The van der Waals surface area contributed by atoms with Crippen molar-refractivity contribution in [1.29, 1.82) is 0 Å². The SMILES string of the molecule is Cc1c(Cl)nc(C2CC3CCC2C3)nc1Cl. The number of halogens is 2. The van der Waals surface area contributed by atoms with Gasteiger partial charge in [-0.05, 0) is 38.0 Å². The number of aromatic nitrogens is 2. The maximum absolute atomic E-state index is 6.06. The molecule has 1 aromatic rings. The molecule has 1 heterocycles. The van der Waals surface area contributed by atoms with E-state index in [4.69, 9.17) is 23.2 Å². The van der Waals surface area contributed by atoms with E-state index in [1.165, 1.54) is 25.7 Å². The molecule has 0 amide bonds. The lowest BCUT2D eigenvalue weighted by Crippen LogP contribution is -2.12. The molecule has 3 atom stereocenters. The Morgan fingerprint density at radius 1 is 1.06 bits per heavy atom. The average molecular weight is 257 g/mol. The molecule has 2 aliphatic carbocycles. The van der Waals surface area contributed by atoms with Crippen LogP contribution >= 0.6 is 23.2 Å². The van der Waals surface area contributed by atoms with Gasteiger partial charge in [-0.15, -0.1) is 0 Å². The van der Waals surface area contributed by atoms with Crippen LogP contribution in [0.2, 0.25) is 10.3 Å². The van der Waals surface area contributed by atoms with Crippen LogP contribution < -0.4 is 0 Å². The van der Waals surface area contributed by atoms with Crippen molar-refractivity contribution >= 4 is 23.2 Å². The molecular formula is C12H14Cl2N2. The molecule has 0 saturated heterocycles. The van der Waals surface area contributed by atoms with E-state index in [1.54, 1.807) is 0 Å². The second kappa shape index (κ2) is 3.85. The first-order valence-corrected chi connectivity index (χ1v) is 6.60. The Hall–Kier alpha value is -0.340. The molecule has 4 heteroatoms. The lowest BCUT2D eigenvalue weighted by Gasteiger charge is -2.20. The molecule has 0 spiro atoms. The van der Waals surface area contributed by atoms with E-state index in [1.807, 2.05) is 6.92 Å². The van der Waals surface area contributed by atoms with Crippen LogP contribution in [0.1, 0.15) is 43.0 Å². The monoisotopic (exact) mass is 256 g/mol. The molecule has 0 N–H and O–H groups in total. The van der Waals surface area contributed by atoms with E-state index < -0.39 is 0 Å². The molecule has 0 radical (unpaired) electrons. The molecular weight excluding hydrogens is 243 g/mol. The number of hydrogen-bond donors (Lipinski definition) is 0. The second-order valence-electron chi connectivity index (χ2n) is 5.07. The summed E-state index contributed by atoms with van der Waals surface area (Å²) in [5.41, 5.74) is 0.787. The summed E-state index contributed by atoms with van der Waals surface area (Å²) in [6.07, 6.45) is 5.27. The standard InChI is InChI=1S/C12H14Cl2N2/c1-6-10(13)15-12(16-11(6)14)9-5-7-2-3-8(9)4-7/h7-9H,2-5H2,1H3. The fourth-order valence-electron chi connectivity index (χ4n) is 3.21. The minimum Gasteiger partial charge on any atom is -0.221 e. The van der Waals surface area contributed by atoms with Gasteiger partial charge in [0.05, 0.1) is 0 Å². The van der Waals surface area contributed by atoms with Crippen molar-refractivity contribution in [1.82, 2.24) is 9.97 Å². The maximum atomic E-state index is 6.06. The first-order chi connectivity index (χ1) is 7.65. The van der Waals surface area contributed by atoms with Crippen molar-refractivity contribution in [2.24, 2.45) is 11.8 Å². The van der Waals surface area contributed by atoms with Crippen molar-refractivity contribution in [2.45, 2.75) is 38.5 Å². The number of rotatable bonds is 1. The third-order valence-corrected chi connectivity index (χ3v) is 4.85. The molecule has 3 unspecified atom stereocenters. The van der Waals surface area contributed by atoms with Crippen LogP contribution in [-0.4, -0.2) is 9.97 Å². The third kappa shape index (κ3) is 1.63. The molecule has 2 fully saturated rings. The normalized spacial score (nSPS) is 32.3. The molecule has 0 aliphatic heterocycles. The first kappa shape index (κ1) is 10.8. The molecule has 16 heavy (non-hydrogen) atoms. The minimum atomic E-state index is 0.495. The van der Waals surface area contributed by atoms with E-state index in [0.29, 0.717) is 16.2 Å². The molecule has 86 valence electrons. The zero-order valence-corrected chi connectivity index (χ0v) is 10.7. The number of nitrogens with zero attached hydrogens (tertiary/aromatic N) is 2. The Balaban J connectivity index is 1.95. The molecule has 0 aromatic carbocycles. The van der Waals surface area contributed by atoms with Gasteiger partial charge in [0.1, 0.15) is 16.1 Å². The van der Waals surface area contributed by atoms with Gasteiger partial charge in [0, 0.05) is 11.5 Å². The summed E-state index contributed by atoms with van der Waals surface area (Å²) in [6, 6.07) is 0. The molecule has 3 rings (SSSR count). The zero-order valence-electron chi connectivity index (χ0n) is 9.21. The Morgan fingerprint density at radius 3 is 2.25 bits per heavy atom. The highest BCUT2D eigenvalue weighted by molar-refractivity contribution is 6.34. The fraction of sp³-hybridized carbons (Fsp3) is 0.667. The predicted molar refractivity (Wildman–Crippen MR) is 65.0 cm³/mol. The Morgan fingerprint density at radius 2 is 1.75 bits per heavy atom. The van der Waals surface area contributed by atoms with Gasteiger partial charge in [0.25, 0.3) is 0 Å². The third-order valence-electron chi connectivity index (χ3n) is 4.11. The van der Waals surface area contributed by atoms with Crippen molar-refractivity contribution in [3.8, 4) is 0 Å². The van der Waals surface area contributed by atoms with Crippen molar-refractivity contribution in [3.05, 3.63) is 21.7 Å². The quantitative estimate of drug-likeness (QED) is 0.711. The average Bonchev–Trinajstić information content (AvgIpc) is 2.86. The van der Waals surface area contributed by atoms with E-state index >= 15 is 0 Å². The lowest BCUT2D eigenvalue weighted by atomic mass is 9.88. The van der Waals surface area contributed by atoms with Gasteiger partial charge in [0.2, 0.25) is 0 Å². The smallest absolute Gasteiger partial charge is 0.137 e. The predicted octanol–water partition coefficient (Wildman–Crippen LogP) is 4.00. The molecule has 2 bridgehead atoms. The highest BCUT2D eigenvalue weighted by Gasteiger charge is 2.41. The van der Waals surface area contributed by atoms with Gasteiger partial charge in [-0.1, -0.05) is 29.6 Å². The van der Waals surface area contributed by atoms with Crippen molar-refractivity contribution < 1.29 is 0 Å². The van der Waals surface area contributed by atoms with Crippen LogP contribution in [0, 0.1) is 18.8 Å². The topological polar surface area (TPSA) is 25.8 Å². The van der Waals surface area contributed by atoms with Gasteiger partial charge in [-0.3, -0.25) is 0 Å². The van der Waals surface area contributed by atoms with Crippen molar-refractivity contribution in [2.75, 3.05) is 0 Å². The van der Waals surface area contributed by atoms with Crippen molar-refractivity contribution in [3.63, 3.8) is 0 Å². The highest BCUT2D eigenvalue weighted by atomic mass is 35.5. The summed E-state index contributed by atoms with van der Waals surface area (Å²) >= 11 is 12.1.